The zero-order chi connectivity index (χ0) is 14.8. The van der Waals surface area contributed by atoms with Crippen LogP contribution in [0.1, 0.15) is 44.3 Å². The number of nitrogen functional groups attached to an aromatic ring is 1. The van der Waals surface area contributed by atoms with Crippen LogP contribution in [-0.2, 0) is 4.74 Å². The van der Waals surface area contributed by atoms with Gasteiger partial charge in [-0.05, 0) is 26.7 Å². The molecule has 1 unspecified atom stereocenters. The van der Waals surface area contributed by atoms with Crippen LogP contribution < -0.4 is 5.73 Å². The van der Waals surface area contributed by atoms with Gasteiger partial charge in [0.15, 0.2) is 0 Å². The van der Waals surface area contributed by atoms with E-state index in [1.807, 2.05) is 18.2 Å². The predicted octanol–water partition coefficient (Wildman–Crippen LogP) is 3.61. The van der Waals surface area contributed by atoms with Crippen molar-refractivity contribution < 1.29 is 4.74 Å². The molecule has 1 aromatic heterocycles. The maximum Gasteiger partial charge on any atom is 0.142 e. The molecule has 0 saturated carbocycles. The number of imidazole rings is 1. The van der Waals surface area contributed by atoms with E-state index in [0.717, 1.165) is 49.0 Å². The number of benzene rings is 1. The predicted molar refractivity (Wildman–Crippen MR) is 85.3 cm³/mol. The van der Waals surface area contributed by atoms with E-state index in [1.165, 1.54) is 0 Å². The first-order chi connectivity index (χ1) is 10.2. The van der Waals surface area contributed by atoms with Gasteiger partial charge in [-0.2, -0.15) is 0 Å². The summed E-state index contributed by atoms with van der Waals surface area (Å²) in [5.74, 6) is 2.07. The van der Waals surface area contributed by atoms with Crippen molar-refractivity contribution in [1.82, 2.24) is 9.55 Å². The highest BCUT2D eigenvalue weighted by atomic mass is 16.5. The van der Waals surface area contributed by atoms with Crippen LogP contribution in [0.3, 0.4) is 0 Å². The third-order valence-electron chi connectivity index (χ3n) is 4.07. The molecule has 3 rings (SSSR count). The summed E-state index contributed by atoms with van der Waals surface area (Å²) in [5.41, 5.74) is 8.53. The highest BCUT2D eigenvalue weighted by Crippen LogP contribution is 2.34. The van der Waals surface area contributed by atoms with Gasteiger partial charge in [-0.15, -0.1) is 0 Å². The summed E-state index contributed by atoms with van der Waals surface area (Å²) in [5, 5.41) is 0. The lowest BCUT2D eigenvalue weighted by Gasteiger charge is -2.21. The maximum atomic E-state index is 6.42. The number of hydrogen-bond acceptors (Lipinski definition) is 3. The Labute approximate surface area is 125 Å². The zero-order valence-corrected chi connectivity index (χ0v) is 12.7. The molecule has 1 aliphatic rings. The first-order valence-corrected chi connectivity index (χ1v) is 7.69. The lowest BCUT2D eigenvalue weighted by Crippen LogP contribution is -2.17. The molecule has 0 amide bonds. The number of rotatable bonds is 3. The van der Waals surface area contributed by atoms with Gasteiger partial charge in [-0.1, -0.05) is 30.3 Å². The van der Waals surface area contributed by atoms with Gasteiger partial charge in [-0.25, -0.2) is 4.98 Å². The number of ether oxygens (including phenoxy) is 1. The molecule has 2 heterocycles. The molecule has 4 heteroatoms. The second-order valence-corrected chi connectivity index (χ2v) is 5.95. The van der Waals surface area contributed by atoms with Crippen LogP contribution in [-0.4, -0.2) is 22.8 Å². The Kier molecular flexibility index (Phi) is 3.97. The summed E-state index contributed by atoms with van der Waals surface area (Å²) < 4.78 is 7.74. The molecular weight excluding hydrogens is 262 g/mol. The third-order valence-corrected chi connectivity index (χ3v) is 4.07. The molecule has 0 aliphatic carbocycles. The van der Waals surface area contributed by atoms with E-state index in [1.54, 1.807) is 0 Å². The minimum Gasteiger partial charge on any atom is -0.384 e. The zero-order valence-electron chi connectivity index (χ0n) is 12.7. The first-order valence-electron chi connectivity index (χ1n) is 7.69. The van der Waals surface area contributed by atoms with Crippen molar-refractivity contribution in [2.45, 2.75) is 38.6 Å². The lowest BCUT2D eigenvalue weighted by atomic mass is 9.98. The molecule has 2 aromatic rings. The monoisotopic (exact) mass is 285 g/mol. The lowest BCUT2D eigenvalue weighted by molar-refractivity contribution is 0.0796. The quantitative estimate of drug-likeness (QED) is 0.937. The van der Waals surface area contributed by atoms with Gasteiger partial charge < -0.3 is 15.0 Å². The van der Waals surface area contributed by atoms with Crippen molar-refractivity contribution in [3.8, 4) is 11.4 Å². The highest BCUT2D eigenvalue weighted by molar-refractivity contribution is 5.61. The van der Waals surface area contributed by atoms with Crippen molar-refractivity contribution in [3.05, 3.63) is 36.0 Å². The fourth-order valence-corrected chi connectivity index (χ4v) is 3.03. The molecule has 0 spiro atoms. The van der Waals surface area contributed by atoms with E-state index in [9.17, 15) is 0 Å². The average Bonchev–Trinajstić information content (AvgIpc) is 2.87. The number of nitrogens with zero attached hydrogens (tertiary/aromatic N) is 2. The van der Waals surface area contributed by atoms with Crippen LogP contribution in [0.5, 0.6) is 0 Å². The Bertz CT molecular complexity index is 598. The van der Waals surface area contributed by atoms with E-state index in [0.29, 0.717) is 5.92 Å². The average molecular weight is 285 g/mol. The Morgan fingerprint density at radius 1 is 1.29 bits per heavy atom. The van der Waals surface area contributed by atoms with Crippen LogP contribution in [0.15, 0.2) is 30.3 Å². The van der Waals surface area contributed by atoms with Gasteiger partial charge in [0.25, 0.3) is 0 Å². The molecule has 1 saturated heterocycles. The van der Waals surface area contributed by atoms with Crippen molar-refractivity contribution in [3.63, 3.8) is 0 Å². The molecule has 21 heavy (non-hydrogen) atoms. The molecule has 112 valence electrons. The summed E-state index contributed by atoms with van der Waals surface area (Å²) in [7, 11) is 0. The van der Waals surface area contributed by atoms with Crippen molar-refractivity contribution >= 4 is 5.82 Å². The van der Waals surface area contributed by atoms with Crippen LogP contribution >= 0.6 is 0 Å². The van der Waals surface area contributed by atoms with Gasteiger partial charge in [0.1, 0.15) is 11.6 Å². The van der Waals surface area contributed by atoms with Crippen molar-refractivity contribution in [1.29, 1.82) is 0 Å². The number of nitrogens with two attached hydrogens (primary N) is 1. The molecule has 4 nitrogen and oxygen atoms in total. The maximum absolute atomic E-state index is 6.42. The summed E-state index contributed by atoms with van der Waals surface area (Å²) in [6, 6.07) is 10.5. The Morgan fingerprint density at radius 2 is 2.05 bits per heavy atom. The largest absolute Gasteiger partial charge is 0.384 e. The Morgan fingerprint density at radius 3 is 2.67 bits per heavy atom. The van der Waals surface area contributed by atoms with E-state index in [2.05, 4.69) is 30.5 Å². The standard InChI is InChI=1S/C17H23N3O/c1-12(2)20-16(18)15(14-9-6-10-21-11-14)19-17(20)13-7-4-3-5-8-13/h3-5,7-8,12,14H,6,9-11,18H2,1-2H3. The topological polar surface area (TPSA) is 53.1 Å². The summed E-state index contributed by atoms with van der Waals surface area (Å²) in [6.07, 6.45) is 2.19. The molecule has 1 fully saturated rings. The smallest absolute Gasteiger partial charge is 0.142 e. The molecule has 2 N–H and O–H groups in total. The molecule has 1 aromatic carbocycles. The highest BCUT2D eigenvalue weighted by Gasteiger charge is 2.25. The fraction of sp³-hybridized carbons (Fsp3) is 0.471. The third kappa shape index (κ3) is 2.68. The molecule has 0 radical (unpaired) electrons. The normalized spacial score (nSPS) is 19.1. The second-order valence-electron chi connectivity index (χ2n) is 5.95. The molecular formula is C17H23N3O. The van der Waals surface area contributed by atoms with Crippen molar-refractivity contribution in [2.24, 2.45) is 0 Å². The summed E-state index contributed by atoms with van der Waals surface area (Å²) >= 11 is 0. The van der Waals surface area contributed by atoms with E-state index >= 15 is 0 Å². The van der Waals surface area contributed by atoms with Crippen LogP contribution in [0.25, 0.3) is 11.4 Å². The second kappa shape index (κ2) is 5.90. The Balaban J connectivity index is 2.07. The summed E-state index contributed by atoms with van der Waals surface area (Å²) in [6.45, 7) is 5.87. The summed E-state index contributed by atoms with van der Waals surface area (Å²) in [4.78, 5) is 4.88. The molecule has 0 bridgehead atoms. The minimum atomic E-state index is 0.283. The van der Waals surface area contributed by atoms with Gasteiger partial charge in [0, 0.05) is 24.1 Å². The van der Waals surface area contributed by atoms with Crippen LogP contribution in [0.4, 0.5) is 5.82 Å². The number of aromatic nitrogens is 2. The van der Waals surface area contributed by atoms with Gasteiger partial charge in [0.2, 0.25) is 0 Å². The van der Waals surface area contributed by atoms with E-state index in [4.69, 9.17) is 15.5 Å². The minimum absolute atomic E-state index is 0.283. The van der Waals surface area contributed by atoms with Crippen LogP contribution in [0, 0.1) is 0 Å². The van der Waals surface area contributed by atoms with Crippen molar-refractivity contribution in [2.75, 3.05) is 18.9 Å². The number of anilines is 1. The van der Waals surface area contributed by atoms with Gasteiger partial charge in [0.05, 0.1) is 12.3 Å². The molecule has 1 aliphatic heterocycles. The van der Waals surface area contributed by atoms with Gasteiger partial charge in [-0.3, -0.25) is 0 Å². The Hall–Kier alpha value is -1.81. The first kappa shape index (κ1) is 14.1. The van der Waals surface area contributed by atoms with E-state index in [-0.39, 0.29) is 6.04 Å². The van der Waals surface area contributed by atoms with Gasteiger partial charge >= 0.3 is 0 Å². The van der Waals surface area contributed by atoms with Crippen LogP contribution in [0.2, 0.25) is 0 Å². The number of hydrogen-bond donors (Lipinski definition) is 1. The van der Waals surface area contributed by atoms with E-state index < -0.39 is 0 Å². The SMILES string of the molecule is CC(C)n1c(-c2ccccc2)nc(C2CCCOC2)c1N. The fourth-order valence-electron chi connectivity index (χ4n) is 3.03. The molecule has 1 atom stereocenters.